The van der Waals surface area contributed by atoms with E-state index in [1.54, 1.807) is 12.1 Å². The summed E-state index contributed by atoms with van der Waals surface area (Å²) in [6.45, 7) is 2.08. The van der Waals surface area contributed by atoms with Crippen molar-refractivity contribution >= 4 is 15.7 Å². The highest BCUT2D eigenvalue weighted by Crippen LogP contribution is 2.37. The van der Waals surface area contributed by atoms with Crippen molar-refractivity contribution < 1.29 is 17.9 Å². The maximum absolute atomic E-state index is 13.0. The molecule has 0 aliphatic carbocycles. The molecule has 0 bridgehead atoms. The summed E-state index contributed by atoms with van der Waals surface area (Å²) in [5.74, 6) is -0.482. The van der Waals surface area contributed by atoms with Gasteiger partial charge in [-0.05, 0) is 43.7 Å². The third-order valence-corrected chi connectivity index (χ3v) is 5.65. The Balaban J connectivity index is 2.09. The molecule has 1 unspecified atom stereocenters. The molecule has 1 heterocycles. The first-order valence-electron chi connectivity index (χ1n) is 6.96. The lowest BCUT2D eigenvalue weighted by Crippen LogP contribution is -2.36. The van der Waals surface area contributed by atoms with Gasteiger partial charge in [0.25, 0.3) is 10.0 Å². The number of sulfonamides is 1. The van der Waals surface area contributed by atoms with Crippen LogP contribution in [0, 0.1) is 12.7 Å². The second kappa shape index (κ2) is 5.37. The predicted molar refractivity (Wildman–Crippen MR) is 81.7 cm³/mol. The fraction of sp³-hybridized carbons (Fsp3) is 0.250. The zero-order chi connectivity index (χ0) is 15.9. The summed E-state index contributed by atoms with van der Waals surface area (Å²) in [5, 5.41) is 10.1. The van der Waals surface area contributed by atoms with Gasteiger partial charge in [0, 0.05) is 12.1 Å². The van der Waals surface area contributed by atoms with E-state index in [0.717, 1.165) is 17.7 Å². The Kier molecular flexibility index (Phi) is 3.66. The van der Waals surface area contributed by atoms with Crippen LogP contribution in [0.2, 0.25) is 0 Å². The average Bonchev–Trinajstić information content (AvgIpc) is 2.48. The number of anilines is 1. The van der Waals surface area contributed by atoms with Crippen LogP contribution in [0.4, 0.5) is 10.1 Å². The van der Waals surface area contributed by atoms with Gasteiger partial charge in [-0.25, -0.2) is 12.8 Å². The molecule has 1 aliphatic heterocycles. The Bertz CT molecular complexity index is 803. The molecule has 0 aromatic heterocycles. The molecule has 22 heavy (non-hydrogen) atoms. The molecular weight excluding hydrogens is 305 g/mol. The quantitative estimate of drug-likeness (QED) is 0.925. The zero-order valence-electron chi connectivity index (χ0n) is 12.0. The van der Waals surface area contributed by atoms with Gasteiger partial charge < -0.3 is 5.11 Å². The smallest absolute Gasteiger partial charge is 0.264 e. The van der Waals surface area contributed by atoms with Crippen molar-refractivity contribution in [1.29, 1.82) is 0 Å². The summed E-state index contributed by atoms with van der Waals surface area (Å²) >= 11 is 0. The van der Waals surface area contributed by atoms with Crippen LogP contribution in [0.25, 0.3) is 0 Å². The van der Waals surface area contributed by atoms with Gasteiger partial charge in [-0.3, -0.25) is 4.31 Å². The number of aliphatic hydroxyl groups excluding tert-OH is 1. The molecule has 116 valence electrons. The SMILES string of the molecule is Cc1ccc2c(c1)C(O)CCN2S(=O)(=O)c1ccc(F)cc1. The summed E-state index contributed by atoms with van der Waals surface area (Å²) in [4.78, 5) is 0.0387. The molecule has 6 heteroatoms. The van der Waals surface area contributed by atoms with Crippen molar-refractivity contribution in [2.75, 3.05) is 10.8 Å². The largest absolute Gasteiger partial charge is 0.388 e. The molecule has 0 fully saturated rings. The summed E-state index contributed by atoms with van der Waals surface area (Å²) < 4.78 is 39.8. The lowest BCUT2D eigenvalue weighted by atomic mass is 9.99. The van der Waals surface area contributed by atoms with Crippen LogP contribution >= 0.6 is 0 Å². The number of aryl methyl sites for hydroxylation is 1. The van der Waals surface area contributed by atoms with E-state index in [4.69, 9.17) is 0 Å². The van der Waals surface area contributed by atoms with Crippen LogP contribution in [0.5, 0.6) is 0 Å². The van der Waals surface area contributed by atoms with Crippen LogP contribution in [-0.4, -0.2) is 20.1 Å². The van der Waals surface area contributed by atoms with Crippen molar-refractivity contribution in [1.82, 2.24) is 0 Å². The van der Waals surface area contributed by atoms with E-state index in [-0.39, 0.29) is 11.4 Å². The first kappa shape index (κ1) is 15.0. The Labute approximate surface area is 128 Å². The van der Waals surface area contributed by atoms with Gasteiger partial charge in [-0.1, -0.05) is 17.7 Å². The predicted octanol–water partition coefficient (Wildman–Crippen LogP) is 2.77. The van der Waals surface area contributed by atoms with Crippen LogP contribution in [0.1, 0.15) is 23.7 Å². The highest BCUT2D eigenvalue weighted by atomic mass is 32.2. The van der Waals surface area contributed by atoms with Crippen LogP contribution in [0.3, 0.4) is 0 Å². The van der Waals surface area contributed by atoms with Crippen molar-refractivity contribution in [3.05, 3.63) is 59.4 Å². The van der Waals surface area contributed by atoms with Crippen molar-refractivity contribution in [2.45, 2.75) is 24.3 Å². The number of aliphatic hydroxyl groups is 1. The van der Waals surface area contributed by atoms with Crippen molar-refractivity contribution in [3.8, 4) is 0 Å². The fourth-order valence-electron chi connectivity index (χ4n) is 2.67. The van der Waals surface area contributed by atoms with Crippen LogP contribution in [-0.2, 0) is 10.0 Å². The highest BCUT2D eigenvalue weighted by molar-refractivity contribution is 7.92. The van der Waals surface area contributed by atoms with Crippen molar-refractivity contribution in [2.24, 2.45) is 0 Å². The second-order valence-corrected chi connectivity index (χ2v) is 7.26. The van der Waals surface area contributed by atoms with Gasteiger partial charge >= 0.3 is 0 Å². The Morgan fingerprint density at radius 2 is 1.86 bits per heavy atom. The molecule has 0 radical (unpaired) electrons. The molecule has 0 saturated carbocycles. The number of hydrogen-bond acceptors (Lipinski definition) is 3. The summed E-state index contributed by atoms with van der Waals surface area (Å²) in [6, 6.07) is 10.1. The van der Waals surface area contributed by atoms with Gasteiger partial charge in [0.15, 0.2) is 0 Å². The molecule has 0 saturated heterocycles. The molecule has 2 aromatic carbocycles. The highest BCUT2D eigenvalue weighted by Gasteiger charge is 2.32. The number of hydrogen-bond donors (Lipinski definition) is 1. The average molecular weight is 321 g/mol. The number of rotatable bonds is 2. The molecule has 1 N–H and O–H groups in total. The minimum Gasteiger partial charge on any atom is -0.388 e. The molecule has 4 nitrogen and oxygen atoms in total. The van der Waals surface area contributed by atoms with E-state index in [0.29, 0.717) is 17.7 Å². The van der Waals surface area contributed by atoms with Gasteiger partial charge in [0.2, 0.25) is 0 Å². The second-order valence-electron chi connectivity index (χ2n) is 5.40. The minimum absolute atomic E-state index is 0.0387. The van der Waals surface area contributed by atoms with E-state index in [1.807, 2.05) is 13.0 Å². The first-order valence-corrected chi connectivity index (χ1v) is 8.40. The summed E-state index contributed by atoms with van der Waals surface area (Å²) in [7, 11) is -3.77. The Morgan fingerprint density at radius 3 is 2.55 bits per heavy atom. The third kappa shape index (κ3) is 2.48. The molecule has 1 atom stereocenters. The van der Waals surface area contributed by atoms with E-state index < -0.39 is 21.9 Å². The van der Waals surface area contributed by atoms with Gasteiger partial charge in [-0.15, -0.1) is 0 Å². The Morgan fingerprint density at radius 1 is 1.18 bits per heavy atom. The van der Waals surface area contributed by atoms with Gasteiger partial charge in [-0.2, -0.15) is 0 Å². The molecule has 3 rings (SSSR count). The van der Waals surface area contributed by atoms with Crippen LogP contribution < -0.4 is 4.31 Å². The minimum atomic E-state index is -3.77. The molecule has 2 aromatic rings. The van der Waals surface area contributed by atoms with Gasteiger partial charge in [0.05, 0.1) is 16.7 Å². The maximum atomic E-state index is 13.0. The lowest BCUT2D eigenvalue weighted by molar-refractivity contribution is 0.166. The van der Waals surface area contributed by atoms with E-state index in [1.165, 1.54) is 16.4 Å². The third-order valence-electron chi connectivity index (χ3n) is 3.82. The number of benzene rings is 2. The monoisotopic (exact) mass is 321 g/mol. The molecular formula is C16H16FNO3S. The van der Waals surface area contributed by atoms with E-state index in [2.05, 4.69) is 0 Å². The molecule has 0 amide bonds. The standard InChI is InChI=1S/C16H16FNO3S/c1-11-2-7-15-14(10-11)16(19)8-9-18(15)22(20,21)13-5-3-12(17)4-6-13/h2-7,10,16,19H,8-9H2,1H3. The van der Waals surface area contributed by atoms with Gasteiger partial charge in [0.1, 0.15) is 5.82 Å². The first-order chi connectivity index (χ1) is 10.4. The lowest BCUT2D eigenvalue weighted by Gasteiger charge is -2.33. The summed E-state index contributed by atoms with van der Waals surface area (Å²) in [6.07, 6.45) is -0.341. The number of nitrogens with zero attached hydrogens (tertiary/aromatic N) is 1. The molecule has 0 spiro atoms. The zero-order valence-corrected chi connectivity index (χ0v) is 12.8. The maximum Gasteiger partial charge on any atom is 0.264 e. The van der Waals surface area contributed by atoms with E-state index >= 15 is 0 Å². The number of halogens is 1. The van der Waals surface area contributed by atoms with E-state index in [9.17, 15) is 17.9 Å². The fourth-order valence-corrected chi connectivity index (χ4v) is 4.17. The molecule has 1 aliphatic rings. The normalized spacial score (nSPS) is 18.1. The topological polar surface area (TPSA) is 57.6 Å². The summed E-state index contributed by atoms with van der Waals surface area (Å²) in [5.41, 5.74) is 2.05. The number of fused-ring (bicyclic) bond motifs is 1. The van der Waals surface area contributed by atoms with Crippen molar-refractivity contribution in [3.63, 3.8) is 0 Å². The van der Waals surface area contributed by atoms with Crippen LogP contribution in [0.15, 0.2) is 47.4 Å². The Hall–Kier alpha value is -1.92.